The average Bonchev–Trinajstić information content (AvgIpc) is 2.41. The average molecular weight is 398 g/mol. The van der Waals surface area contributed by atoms with Crippen LogP contribution in [0, 0.1) is 0 Å². The summed E-state index contributed by atoms with van der Waals surface area (Å²) >= 11 is 6.81. The molecule has 0 amide bonds. The first kappa shape index (κ1) is 14.8. The van der Waals surface area contributed by atoms with Crippen LogP contribution in [0.1, 0.15) is 5.56 Å². The van der Waals surface area contributed by atoms with Crippen molar-refractivity contribution in [1.29, 1.82) is 0 Å². The second kappa shape index (κ2) is 6.72. The molecule has 0 bridgehead atoms. The standard InChI is InChI=1S/C15H10Br2O3/c16-11-4-7-14(13(17)9-11)20-12-5-1-10(2-6-12)3-8-15(18)19/h1-9H,(H,18,19). The van der Waals surface area contributed by atoms with Crippen LogP contribution in [0.4, 0.5) is 0 Å². The minimum atomic E-state index is -0.968. The fraction of sp³-hybridized carbons (Fsp3) is 0. The molecule has 2 aromatic carbocycles. The lowest BCUT2D eigenvalue weighted by Crippen LogP contribution is -1.87. The Hall–Kier alpha value is -1.59. The summed E-state index contributed by atoms with van der Waals surface area (Å²) in [6.45, 7) is 0. The fourth-order valence-corrected chi connectivity index (χ4v) is 2.63. The molecule has 3 nitrogen and oxygen atoms in total. The van der Waals surface area contributed by atoms with Gasteiger partial charge in [-0.2, -0.15) is 0 Å². The molecule has 0 unspecified atom stereocenters. The molecule has 0 aliphatic carbocycles. The van der Waals surface area contributed by atoms with Crippen LogP contribution in [0.5, 0.6) is 11.5 Å². The van der Waals surface area contributed by atoms with E-state index in [4.69, 9.17) is 9.84 Å². The van der Waals surface area contributed by atoms with E-state index in [9.17, 15) is 4.79 Å². The Morgan fingerprint density at radius 2 is 1.80 bits per heavy atom. The molecule has 2 rings (SSSR count). The van der Waals surface area contributed by atoms with Crippen molar-refractivity contribution in [1.82, 2.24) is 0 Å². The summed E-state index contributed by atoms with van der Waals surface area (Å²) in [5.74, 6) is 0.423. The first-order valence-electron chi connectivity index (χ1n) is 5.68. The lowest BCUT2D eigenvalue weighted by atomic mass is 10.2. The number of ether oxygens (including phenoxy) is 1. The number of carboxylic acids is 1. The Labute approximate surface area is 133 Å². The lowest BCUT2D eigenvalue weighted by molar-refractivity contribution is -0.131. The van der Waals surface area contributed by atoms with E-state index < -0.39 is 5.97 Å². The van der Waals surface area contributed by atoms with Gasteiger partial charge in [0, 0.05) is 10.5 Å². The van der Waals surface area contributed by atoms with Gasteiger partial charge in [-0.1, -0.05) is 28.1 Å². The van der Waals surface area contributed by atoms with Crippen molar-refractivity contribution < 1.29 is 14.6 Å². The molecule has 2 aromatic rings. The van der Waals surface area contributed by atoms with Crippen LogP contribution in [-0.4, -0.2) is 11.1 Å². The molecule has 0 aromatic heterocycles. The summed E-state index contributed by atoms with van der Waals surface area (Å²) in [5.41, 5.74) is 0.801. The SMILES string of the molecule is O=C(O)C=Cc1ccc(Oc2ccc(Br)cc2Br)cc1. The number of carbonyl (C=O) groups is 1. The maximum Gasteiger partial charge on any atom is 0.328 e. The zero-order chi connectivity index (χ0) is 14.5. The highest BCUT2D eigenvalue weighted by Gasteiger charge is 2.03. The highest BCUT2D eigenvalue weighted by molar-refractivity contribution is 9.11. The van der Waals surface area contributed by atoms with Crippen molar-refractivity contribution in [2.24, 2.45) is 0 Å². The van der Waals surface area contributed by atoms with Crippen LogP contribution in [-0.2, 0) is 4.79 Å². The zero-order valence-electron chi connectivity index (χ0n) is 10.2. The van der Waals surface area contributed by atoms with Crippen LogP contribution >= 0.6 is 31.9 Å². The molecule has 0 heterocycles. The molecular weight excluding hydrogens is 388 g/mol. The molecule has 0 aliphatic rings. The van der Waals surface area contributed by atoms with Gasteiger partial charge in [0.15, 0.2) is 0 Å². The van der Waals surface area contributed by atoms with Crippen molar-refractivity contribution >= 4 is 43.9 Å². The first-order chi connectivity index (χ1) is 9.54. The molecule has 0 spiro atoms. The van der Waals surface area contributed by atoms with Crippen molar-refractivity contribution in [3.8, 4) is 11.5 Å². The number of rotatable bonds is 4. The van der Waals surface area contributed by atoms with Gasteiger partial charge in [0.1, 0.15) is 11.5 Å². The molecule has 5 heteroatoms. The van der Waals surface area contributed by atoms with Crippen LogP contribution < -0.4 is 4.74 Å². The summed E-state index contributed by atoms with van der Waals surface area (Å²) in [6.07, 6.45) is 2.63. The monoisotopic (exact) mass is 396 g/mol. The van der Waals surface area contributed by atoms with Gasteiger partial charge in [0.2, 0.25) is 0 Å². The van der Waals surface area contributed by atoms with Crippen LogP contribution in [0.15, 0.2) is 57.5 Å². The lowest BCUT2D eigenvalue weighted by Gasteiger charge is -2.08. The molecule has 0 atom stereocenters. The topological polar surface area (TPSA) is 46.5 Å². The highest BCUT2D eigenvalue weighted by Crippen LogP contribution is 2.32. The molecule has 20 heavy (non-hydrogen) atoms. The van der Waals surface area contributed by atoms with Gasteiger partial charge >= 0.3 is 5.97 Å². The Bertz CT molecular complexity index is 649. The van der Waals surface area contributed by atoms with E-state index in [2.05, 4.69) is 31.9 Å². The summed E-state index contributed by atoms with van der Waals surface area (Å²) in [6, 6.07) is 12.8. The number of hydrogen-bond acceptors (Lipinski definition) is 2. The quantitative estimate of drug-likeness (QED) is 0.730. The number of hydrogen-bond donors (Lipinski definition) is 1. The Morgan fingerprint density at radius 3 is 2.40 bits per heavy atom. The maximum absolute atomic E-state index is 10.4. The van der Waals surface area contributed by atoms with E-state index in [0.29, 0.717) is 11.5 Å². The maximum atomic E-state index is 10.4. The summed E-state index contributed by atoms with van der Waals surface area (Å²) in [5, 5.41) is 8.56. The van der Waals surface area contributed by atoms with Crippen LogP contribution in [0.2, 0.25) is 0 Å². The van der Waals surface area contributed by atoms with Gasteiger partial charge in [-0.05, 0) is 57.9 Å². The van der Waals surface area contributed by atoms with Crippen LogP contribution in [0.3, 0.4) is 0 Å². The minimum absolute atomic E-state index is 0.681. The number of benzene rings is 2. The van der Waals surface area contributed by atoms with Crippen molar-refractivity contribution in [2.45, 2.75) is 0 Å². The van der Waals surface area contributed by atoms with Crippen molar-refractivity contribution in [3.05, 3.63) is 63.0 Å². The number of carboxylic acid groups (broad SMARTS) is 1. The first-order valence-corrected chi connectivity index (χ1v) is 7.27. The molecule has 0 saturated carbocycles. The predicted molar refractivity (Wildman–Crippen MR) is 85.0 cm³/mol. The van der Waals surface area contributed by atoms with Gasteiger partial charge in [-0.15, -0.1) is 0 Å². The summed E-state index contributed by atoms with van der Waals surface area (Å²) in [7, 11) is 0. The third-order valence-corrected chi connectivity index (χ3v) is 3.53. The van der Waals surface area contributed by atoms with Gasteiger partial charge in [0.25, 0.3) is 0 Å². The van der Waals surface area contributed by atoms with E-state index in [1.165, 1.54) is 6.08 Å². The molecular formula is C15H10Br2O3. The Balaban J connectivity index is 2.12. The number of halogens is 2. The Morgan fingerprint density at radius 1 is 1.10 bits per heavy atom. The van der Waals surface area contributed by atoms with Gasteiger partial charge in [-0.3, -0.25) is 0 Å². The van der Waals surface area contributed by atoms with E-state index in [0.717, 1.165) is 20.6 Å². The third-order valence-electron chi connectivity index (χ3n) is 2.42. The largest absolute Gasteiger partial charge is 0.478 e. The Kier molecular flexibility index (Phi) is 4.98. The molecule has 0 aliphatic heterocycles. The zero-order valence-corrected chi connectivity index (χ0v) is 13.4. The van der Waals surface area contributed by atoms with E-state index in [1.54, 1.807) is 24.3 Å². The summed E-state index contributed by atoms with van der Waals surface area (Å²) in [4.78, 5) is 10.4. The van der Waals surface area contributed by atoms with Gasteiger partial charge in [-0.25, -0.2) is 4.79 Å². The smallest absolute Gasteiger partial charge is 0.328 e. The van der Waals surface area contributed by atoms with E-state index >= 15 is 0 Å². The molecule has 0 radical (unpaired) electrons. The molecule has 1 N–H and O–H groups in total. The number of aliphatic carboxylic acids is 1. The second-order valence-corrected chi connectivity index (χ2v) is 5.69. The second-order valence-electron chi connectivity index (χ2n) is 3.92. The molecule has 0 saturated heterocycles. The predicted octanol–water partition coefficient (Wildman–Crippen LogP) is 5.10. The fourth-order valence-electron chi connectivity index (χ4n) is 1.50. The third kappa shape index (κ3) is 4.21. The minimum Gasteiger partial charge on any atom is -0.478 e. The van der Waals surface area contributed by atoms with Gasteiger partial charge < -0.3 is 9.84 Å². The molecule has 102 valence electrons. The normalized spacial score (nSPS) is 10.7. The van der Waals surface area contributed by atoms with E-state index in [-0.39, 0.29) is 0 Å². The highest BCUT2D eigenvalue weighted by atomic mass is 79.9. The molecule has 0 fully saturated rings. The van der Waals surface area contributed by atoms with Crippen molar-refractivity contribution in [3.63, 3.8) is 0 Å². The summed E-state index contributed by atoms with van der Waals surface area (Å²) < 4.78 is 7.55. The van der Waals surface area contributed by atoms with Crippen molar-refractivity contribution in [2.75, 3.05) is 0 Å². The van der Waals surface area contributed by atoms with Crippen LogP contribution in [0.25, 0.3) is 6.08 Å². The van der Waals surface area contributed by atoms with Gasteiger partial charge in [0.05, 0.1) is 4.47 Å². The van der Waals surface area contributed by atoms with E-state index in [1.807, 2.05) is 18.2 Å².